The van der Waals surface area contributed by atoms with Crippen LogP contribution in [-0.4, -0.2) is 25.2 Å². The Labute approximate surface area is 203 Å². The van der Waals surface area contributed by atoms with E-state index in [-0.39, 0.29) is 27.7 Å². The Morgan fingerprint density at radius 2 is 1.76 bits per heavy atom. The number of benzene rings is 1. The first-order valence-corrected chi connectivity index (χ1v) is 21.0. The van der Waals surface area contributed by atoms with Crippen LogP contribution in [0.25, 0.3) is 5.57 Å². The number of hydrogen-bond donors (Lipinski definition) is 0. The number of alkyl halides is 3. The molecule has 0 N–H and O–H groups in total. The summed E-state index contributed by atoms with van der Waals surface area (Å²) in [5, 5.41) is 0. The molecular weight excluding hydrogens is 771 g/mol. The molecule has 0 unspecified atom stereocenters. The van der Waals surface area contributed by atoms with Crippen molar-refractivity contribution in [3.8, 4) is 11.6 Å². The van der Waals surface area contributed by atoms with Crippen molar-refractivity contribution in [2.45, 2.75) is 6.18 Å². The Bertz CT molecular complexity index is 848. The number of aromatic nitrogens is 1. The molecule has 12 heteroatoms. The van der Waals surface area contributed by atoms with E-state index in [2.05, 4.69) is 69.7 Å². The number of methoxy groups -OCH3 is 2. The quantitative estimate of drug-likeness (QED) is 0.146. The zero-order valence-corrected chi connectivity index (χ0v) is 22.8. The Hall–Kier alpha value is -0.256. The number of ether oxygens (including phenoxy) is 3. The standard InChI is InChI=1S/C17H14F3NO4.3HI.V/c1-23-10-13(16(22)24-2)12-5-3-4-6-14(12)25-15-9-11(7-8-21-15)17(18,19)20;;;;/h3-10H,1-2H3;3*1H;/q;;;;+3/p-3/b13-10+;;;;. The van der Waals surface area contributed by atoms with E-state index in [4.69, 9.17) is 9.47 Å². The number of para-hydroxylation sites is 1. The molecule has 0 aliphatic rings. The molecule has 29 heavy (non-hydrogen) atoms. The molecule has 2 rings (SSSR count). The van der Waals surface area contributed by atoms with Crippen molar-refractivity contribution in [3.63, 3.8) is 0 Å². The number of pyridine rings is 1. The van der Waals surface area contributed by atoms with Gasteiger partial charge in [-0.25, -0.2) is 9.78 Å². The van der Waals surface area contributed by atoms with Gasteiger partial charge in [0.15, 0.2) is 0 Å². The molecule has 0 saturated carbocycles. The van der Waals surface area contributed by atoms with Crippen molar-refractivity contribution in [3.05, 3.63) is 60.0 Å². The first-order chi connectivity index (χ1) is 13.6. The van der Waals surface area contributed by atoms with E-state index in [0.29, 0.717) is 0 Å². The van der Waals surface area contributed by atoms with Gasteiger partial charge >= 0.3 is 77.0 Å². The predicted octanol–water partition coefficient (Wildman–Crippen LogP) is 6.71. The molecule has 0 aliphatic carbocycles. The average molecular weight is 785 g/mol. The first-order valence-electron chi connectivity index (χ1n) is 7.49. The van der Waals surface area contributed by atoms with Gasteiger partial charge in [0.25, 0.3) is 0 Å². The van der Waals surface area contributed by atoms with Crippen molar-refractivity contribution in [2.24, 2.45) is 0 Å². The number of carbonyl (C=O) groups excluding carboxylic acids is 1. The van der Waals surface area contributed by atoms with Crippen LogP contribution in [0.15, 0.2) is 48.9 Å². The summed E-state index contributed by atoms with van der Waals surface area (Å²) < 4.78 is 53.4. The maximum atomic E-state index is 12.8. The molecule has 5 nitrogen and oxygen atoms in total. The van der Waals surface area contributed by atoms with Crippen LogP contribution in [0, 0.1) is 0 Å². The second-order valence-corrected chi connectivity index (χ2v) is 40.3. The van der Waals surface area contributed by atoms with Gasteiger partial charge in [-0.05, 0) is 12.1 Å². The van der Waals surface area contributed by atoms with Gasteiger partial charge < -0.3 is 14.2 Å². The molecule has 0 fully saturated rings. The number of halogens is 6. The monoisotopic (exact) mass is 785 g/mol. The molecule has 0 saturated heterocycles. The van der Waals surface area contributed by atoms with E-state index in [0.717, 1.165) is 24.6 Å². The van der Waals surface area contributed by atoms with E-state index >= 15 is 0 Å². The summed E-state index contributed by atoms with van der Waals surface area (Å²) in [6.07, 6.45) is -2.37. The number of rotatable bonds is 5. The van der Waals surface area contributed by atoms with Crippen LogP contribution in [0.3, 0.4) is 0 Å². The number of hydrogen-bond acceptors (Lipinski definition) is 5. The van der Waals surface area contributed by atoms with Crippen LogP contribution in [0.5, 0.6) is 11.6 Å². The molecule has 0 amide bonds. The Morgan fingerprint density at radius 3 is 2.31 bits per heavy atom. The molecule has 158 valence electrons. The number of carbonyl (C=O) groups is 1. The third kappa shape index (κ3) is 9.61. The fourth-order valence-corrected chi connectivity index (χ4v) is 1.98. The van der Waals surface area contributed by atoms with Gasteiger partial charge in [-0.2, -0.15) is 13.2 Å². The van der Waals surface area contributed by atoms with Gasteiger partial charge in [0.05, 0.1) is 26.0 Å². The van der Waals surface area contributed by atoms with Crippen LogP contribution in [0.2, 0.25) is 0 Å². The minimum absolute atomic E-state index is 0.0487. The summed E-state index contributed by atoms with van der Waals surface area (Å²) in [6.45, 7) is 0. The van der Waals surface area contributed by atoms with Gasteiger partial charge in [-0.15, -0.1) is 0 Å². The van der Waals surface area contributed by atoms with Crippen LogP contribution < -0.4 is 4.74 Å². The first kappa shape index (κ1) is 26.8. The third-order valence-electron chi connectivity index (χ3n) is 3.09. The summed E-state index contributed by atoms with van der Waals surface area (Å²) in [4.78, 5) is 15.4. The van der Waals surface area contributed by atoms with E-state index in [1.54, 1.807) is 18.2 Å². The van der Waals surface area contributed by atoms with Crippen LogP contribution in [-0.2, 0) is 25.4 Å². The van der Waals surface area contributed by atoms with E-state index in [1.807, 2.05) is 0 Å². The summed E-state index contributed by atoms with van der Waals surface area (Å²) in [5.41, 5.74) is -0.557. The van der Waals surface area contributed by atoms with Crippen LogP contribution >= 0.6 is 59.9 Å². The van der Waals surface area contributed by atoms with E-state index < -0.39 is 17.7 Å². The Balaban J connectivity index is 0.000000960. The zero-order chi connectivity index (χ0) is 22.0. The third-order valence-corrected chi connectivity index (χ3v) is 3.09. The van der Waals surface area contributed by atoms with Gasteiger partial charge in [-0.1, -0.05) is 18.2 Å². The zero-order valence-electron chi connectivity index (χ0n) is 14.9. The molecule has 1 aromatic heterocycles. The van der Waals surface area contributed by atoms with Gasteiger partial charge in [0.1, 0.15) is 11.3 Å². The molecule has 1 heterocycles. The molecule has 1 aromatic carbocycles. The summed E-state index contributed by atoms with van der Waals surface area (Å²) in [7, 11) is 2.55. The van der Waals surface area contributed by atoms with Gasteiger partial charge in [-0.3, -0.25) is 0 Å². The average Bonchev–Trinajstić information content (AvgIpc) is 2.65. The molecular formula is C17H14F3I3NO4V. The minimum atomic E-state index is -4.52. The fourth-order valence-electron chi connectivity index (χ4n) is 1.98. The second kappa shape index (κ2) is 13.2. The molecule has 0 bridgehead atoms. The molecule has 0 radical (unpaired) electrons. The second-order valence-electron chi connectivity index (χ2n) is 4.93. The van der Waals surface area contributed by atoms with Crippen LogP contribution in [0.4, 0.5) is 13.2 Å². The molecule has 0 aliphatic heterocycles. The Kier molecular flexibility index (Phi) is 12.2. The molecule has 0 spiro atoms. The summed E-state index contributed by atoms with van der Waals surface area (Å²) in [6, 6.07) is 7.88. The summed E-state index contributed by atoms with van der Waals surface area (Å²) in [5.74, 6) is -0.818. The topological polar surface area (TPSA) is 57.7 Å². The van der Waals surface area contributed by atoms with Crippen molar-refractivity contribution in [1.29, 1.82) is 0 Å². The number of esters is 1. The normalized spacial score (nSPS) is 11.4. The van der Waals surface area contributed by atoms with Gasteiger partial charge in [0.2, 0.25) is 5.88 Å². The molecule has 2 aromatic rings. The van der Waals surface area contributed by atoms with Gasteiger partial charge in [0, 0.05) is 17.8 Å². The van der Waals surface area contributed by atoms with Crippen molar-refractivity contribution < 1.29 is 37.1 Å². The fraction of sp³-hybridized carbons (Fsp3) is 0.176. The van der Waals surface area contributed by atoms with Crippen molar-refractivity contribution in [1.82, 2.24) is 4.98 Å². The van der Waals surface area contributed by atoms with Crippen molar-refractivity contribution >= 4 is 71.5 Å². The van der Waals surface area contributed by atoms with Crippen LogP contribution in [0.1, 0.15) is 11.1 Å². The van der Waals surface area contributed by atoms with Crippen molar-refractivity contribution in [2.75, 3.05) is 14.2 Å². The van der Waals surface area contributed by atoms with E-state index in [9.17, 15) is 18.0 Å². The SMILES string of the molecule is CO/C=C(/C(=O)OC)c1ccccc1Oc1cc(C(F)(F)F)ccn1.[I][V]([I])[I]. The predicted molar refractivity (Wildman–Crippen MR) is 125 cm³/mol. The maximum absolute atomic E-state index is 12.8. The Morgan fingerprint density at radius 1 is 1.14 bits per heavy atom. The number of nitrogens with zero attached hydrogens (tertiary/aromatic N) is 1. The summed E-state index contributed by atoms with van der Waals surface area (Å²) >= 11 is 7.39. The van der Waals surface area contributed by atoms with E-state index in [1.165, 1.54) is 20.3 Å². The molecule has 0 atom stereocenters.